The van der Waals surface area contributed by atoms with Crippen molar-refractivity contribution in [3.8, 4) is 11.5 Å². The van der Waals surface area contributed by atoms with Crippen LogP contribution in [0.1, 0.15) is 22.3 Å². The van der Waals surface area contributed by atoms with Gasteiger partial charge in [-0.15, -0.1) is 0 Å². The molecule has 1 amide bonds. The van der Waals surface area contributed by atoms with Gasteiger partial charge in [-0.3, -0.25) is 9.69 Å². The van der Waals surface area contributed by atoms with E-state index in [0.29, 0.717) is 54.1 Å². The Hall–Kier alpha value is -3.75. The summed E-state index contributed by atoms with van der Waals surface area (Å²) in [5.74, 6) is 0.896. The van der Waals surface area contributed by atoms with Crippen molar-refractivity contribution in [2.24, 2.45) is 4.99 Å². The fourth-order valence-corrected chi connectivity index (χ4v) is 6.87. The number of fused-ring (bicyclic) bond motifs is 1. The number of hydrogen-bond acceptors (Lipinski definition) is 5. The Morgan fingerprint density at radius 3 is 2.40 bits per heavy atom. The summed E-state index contributed by atoms with van der Waals surface area (Å²) in [6.07, 6.45) is 1.82. The van der Waals surface area contributed by atoms with Crippen LogP contribution in [0.15, 0.2) is 105 Å². The maximum absolute atomic E-state index is 13.9. The second-order valence-electron chi connectivity index (χ2n) is 10.5. The Bertz CT molecular complexity index is 2020. The molecule has 6 rings (SSSR count). The van der Waals surface area contributed by atoms with Crippen LogP contribution in [-0.4, -0.2) is 18.2 Å². The minimum Gasteiger partial charge on any atom is -0.493 e. The monoisotopic (exact) mass is 716 g/mol. The molecule has 1 aliphatic heterocycles. The number of aliphatic imine (C=N–C) groups is 1. The zero-order valence-electron chi connectivity index (χ0n) is 24.6. The molecule has 0 aliphatic carbocycles. The molecular weight excluding hydrogens is 691 g/mol. The molecule has 45 heavy (non-hydrogen) atoms. The van der Waals surface area contributed by atoms with E-state index < -0.39 is 0 Å². The van der Waals surface area contributed by atoms with Crippen LogP contribution in [0.3, 0.4) is 0 Å². The maximum atomic E-state index is 13.9. The molecule has 1 saturated heterocycles. The number of rotatable bonds is 7. The van der Waals surface area contributed by atoms with E-state index in [1.807, 2.05) is 74.5 Å². The van der Waals surface area contributed by atoms with E-state index in [4.69, 9.17) is 37.7 Å². The second kappa shape index (κ2) is 13.3. The van der Waals surface area contributed by atoms with Gasteiger partial charge in [-0.05, 0) is 117 Å². The van der Waals surface area contributed by atoms with Crippen LogP contribution < -0.4 is 14.4 Å². The highest BCUT2D eigenvalue weighted by molar-refractivity contribution is 9.10. The van der Waals surface area contributed by atoms with Crippen molar-refractivity contribution in [3.63, 3.8) is 0 Å². The molecule has 5 aromatic carbocycles. The molecule has 0 N–H and O–H groups in total. The van der Waals surface area contributed by atoms with Gasteiger partial charge >= 0.3 is 0 Å². The average Bonchev–Trinajstić information content (AvgIpc) is 3.33. The van der Waals surface area contributed by atoms with E-state index in [9.17, 15) is 4.79 Å². The van der Waals surface area contributed by atoms with Crippen molar-refractivity contribution in [2.45, 2.75) is 20.5 Å². The molecule has 5 aromatic rings. The molecule has 0 aromatic heterocycles. The lowest BCUT2D eigenvalue weighted by atomic mass is 10.1. The Balaban J connectivity index is 1.34. The zero-order valence-corrected chi connectivity index (χ0v) is 28.5. The highest BCUT2D eigenvalue weighted by Gasteiger charge is 2.35. The van der Waals surface area contributed by atoms with Gasteiger partial charge in [0.2, 0.25) is 0 Å². The van der Waals surface area contributed by atoms with Crippen LogP contribution in [0.4, 0.5) is 11.4 Å². The summed E-state index contributed by atoms with van der Waals surface area (Å²) in [6, 6.07) is 29.2. The molecule has 1 aliphatic rings. The SMILES string of the molecule is COc1cc(/C=C2/SC(=Nc3ccc(C)c(Cl)c3)N(c3ccc(C)c(Cl)c3)C2=O)cc(Br)c1OCc1cccc2ccccc12. The van der Waals surface area contributed by atoms with Crippen LogP contribution in [-0.2, 0) is 11.4 Å². The number of halogens is 3. The lowest BCUT2D eigenvalue weighted by molar-refractivity contribution is -0.113. The molecular formula is C36H27BrCl2N2O3S. The molecule has 5 nitrogen and oxygen atoms in total. The first kappa shape index (κ1) is 31.2. The molecule has 0 spiro atoms. The number of amides is 1. The number of carbonyl (C=O) groups excluding carboxylic acids is 1. The number of carbonyl (C=O) groups is 1. The molecule has 0 radical (unpaired) electrons. The van der Waals surface area contributed by atoms with Gasteiger partial charge in [-0.2, -0.15) is 0 Å². The van der Waals surface area contributed by atoms with Crippen molar-refractivity contribution in [1.29, 1.82) is 0 Å². The largest absolute Gasteiger partial charge is 0.493 e. The summed E-state index contributed by atoms with van der Waals surface area (Å²) in [7, 11) is 1.60. The van der Waals surface area contributed by atoms with Gasteiger partial charge in [-0.1, -0.05) is 77.8 Å². The van der Waals surface area contributed by atoms with Crippen molar-refractivity contribution in [1.82, 2.24) is 0 Å². The minimum absolute atomic E-state index is 0.219. The third kappa shape index (κ3) is 6.63. The normalized spacial score (nSPS) is 15.0. The lowest BCUT2D eigenvalue weighted by Crippen LogP contribution is -2.28. The minimum atomic E-state index is -0.219. The number of amidine groups is 1. The fraction of sp³-hybridized carbons (Fsp3) is 0.111. The highest BCUT2D eigenvalue weighted by atomic mass is 79.9. The number of ether oxygens (including phenoxy) is 2. The third-order valence-corrected chi connectivity index (χ3v) is 9.77. The lowest BCUT2D eigenvalue weighted by Gasteiger charge is -2.17. The Morgan fingerprint density at radius 1 is 0.911 bits per heavy atom. The van der Waals surface area contributed by atoms with Crippen LogP contribution in [0.25, 0.3) is 16.8 Å². The summed E-state index contributed by atoms with van der Waals surface area (Å²) >= 11 is 17.8. The van der Waals surface area contributed by atoms with Crippen molar-refractivity contribution < 1.29 is 14.3 Å². The maximum Gasteiger partial charge on any atom is 0.271 e. The Kier molecular flexibility index (Phi) is 9.24. The van der Waals surface area contributed by atoms with Gasteiger partial charge in [0, 0.05) is 10.0 Å². The Labute approximate surface area is 284 Å². The van der Waals surface area contributed by atoms with Gasteiger partial charge in [0.1, 0.15) is 6.61 Å². The zero-order chi connectivity index (χ0) is 31.7. The summed E-state index contributed by atoms with van der Waals surface area (Å²) in [4.78, 5) is 20.8. The van der Waals surface area contributed by atoms with Gasteiger partial charge in [0.15, 0.2) is 16.7 Å². The van der Waals surface area contributed by atoms with Crippen LogP contribution >= 0.6 is 50.9 Å². The second-order valence-corrected chi connectivity index (χ2v) is 13.2. The number of hydrogen-bond donors (Lipinski definition) is 0. The van der Waals surface area contributed by atoms with Gasteiger partial charge in [0.25, 0.3) is 5.91 Å². The molecule has 1 fully saturated rings. The van der Waals surface area contributed by atoms with Crippen LogP contribution in [0.2, 0.25) is 10.0 Å². The fourth-order valence-electron chi connectivity index (χ4n) is 4.94. The molecule has 0 bridgehead atoms. The van der Waals surface area contributed by atoms with Crippen molar-refractivity contribution in [2.75, 3.05) is 12.0 Å². The Morgan fingerprint density at radius 2 is 1.64 bits per heavy atom. The first-order valence-electron chi connectivity index (χ1n) is 14.0. The van der Waals surface area contributed by atoms with Crippen molar-refractivity contribution in [3.05, 3.63) is 133 Å². The molecule has 1 heterocycles. The first-order chi connectivity index (χ1) is 21.7. The number of anilines is 1. The molecule has 0 atom stereocenters. The highest BCUT2D eigenvalue weighted by Crippen LogP contribution is 2.42. The average molecular weight is 719 g/mol. The number of aryl methyl sites for hydroxylation is 2. The van der Waals surface area contributed by atoms with E-state index in [2.05, 4.69) is 40.2 Å². The van der Waals surface area contributed by atoms with Gasteiger partial charge < -0.3 is 9.47 Å². The predicted octanol–water partition coefficient (Wildman–Crippen LogP) is 10.9. The number of methoxy groups -OCH3 is 1. The molecule has 0 saturated carbocycles. The van der Waals surface area contributed by atoms with Gasteiger partial charge in [-0.25, -0.2) is 4.99 Å². The van der Waals surface area contributed by atoms with E-state index in [1.165, 1.54) is 11.8 Å². The molecule has 226 valence electrons. The standard InChI is InChI=1S/C36H27BrCl2N2O3S/c1-21-11-13-26(18-30(21)38)40-36-41(27-14-12-22(2)31(39)19-27)35(42)33(45-36)17-23-15-29(37)34(32(16-23)43-3)44-20-25-9-6-8-24-7-4-5-10-28(24)25/h4-19H,20H2,1-3H3/b33-17+,40-36?. The van der Waals surface area contributed by atoms with E-state index >= 15 is 0 Å². The summed E-state index contributed by atoms with van der Waals surface area (Å²) < 4.78 is 12.7. The third-order valence-electron chi connectivity index (χ3n) is 7.40. The number of thioether (sulfide) groups is 1. The number of nitrogens with zero attached hydrogens (tertiary/aromatic N) is 2. The molecule has 9 heteroatoms. The van der Waals surface area contributed by atoms with E-state index in [0.717, 1.165) is 33.0 Å². The van der Waals surface area contributed by atoms with Crippen LogP contribution in [0.5, 0.6) is 11.5 Å². The van der Waals surface area contributed by atoms with E-state index in [1.54, 1.807) is 24.1 Å². The van der Waals surface area contributed by atoms with Crippen LogP contribution in [0, 0.1) is 13.8 Å². The first-order valence-corrected chi connectivity index (χ1v) is 16.4. The predicted molar refractivity (Wildman–Crippen MR) is 192 cm³/mol. The number of benzene rings is 5. The summed E-state index contributed by atoms with van der Waals surface area (Å²) in [5.41, 5.74) is 4.95. The quantitative estimate of drug-likeness (QED) is 0.157. The van der Waals surface area contributed by atoms with E-state index in [-0.39, 0.29) is 5.91 Å². The topological polar surface area (TPSA) is 51.1 Å². The summed E-state index contributed by atoms with van der Waals surface area (Å²) in [6.45, 7) is 4.21. The summed E-state index contributed by atoms with van der Waals surface area (Å²) in [5, 5.41) is 3.95. The smallest absolute Gasteiger partial charge is 0.271 e. The van der Waals surface area contributed by atoms with Gasteiger partial charge in [0.05, 0.1) is 27.9 Å². The molecule has 0 unspecified atom stereocenters. The van der Waals surface area contributed by atoms with Crippen molar-refractivity contribution >= 4 is 90.2 Å².